The molecule has 11 fully saturated rings. The molecule has 0 aromatic heterocycles. The molecule has 2 aromatic carbocycles. The fourth-order valence-corrected chi connectivity index (χ4v) is 17.0. The number of hydrogen-bond acceptors (Lipinski definition) is 38. The van der Waals surface area contributed by atoms with Crippen molar-refractivity contribution in [2.75, 3.05) is 55.1 Å². The molecule has 40 heteroatoms. The van der Waals surface area contributed by atoms with E-state index in [1.54, 1.807) is 34.6 Å². The lowest BCUT2D eigenvalue weighted by molar-refractivity contribution is -0.595. The first-order chi connectivity index (χ1) is 51.6. The molecule has 2 aromatic rings. The monoisotopic (exact) mass is 1580 g/mol. The van der Waals surface area contributed by atoms with Crippen LogP contribution in [0.4, 0.5) is 0 Å². The Morgan fingerprint density at radius 2 is 1.28 bits per heavy atom. The Balaban J connectivity index is 0.641. The predicted octanol–water partition coefficient (Wildman–Crippen LogP) is 0.306. The minimum Gasteiger partial charge on any atom is -0.508 e. The van der Waals surface area contributed by atoms with Gasteiger partial charge >= 0.3 is 17.9 Å². The lowest BCUT2D eigenvalue weighted by Crippen LogP contribution is -2.68. The Morgan fingerprint density at radius 3 is 1.97 bits per heavy atom. The second kappa shape index (κ2) is 32.1. The van der Waals surface area contributed by atoms with E-state index in [-0.39, 0.29) is 67.5 Å². The molecule has 11 aliphatic heterocycles. The van der Waals surface area contributed by atoms with Gasteiger partial charge in [-0.05, 0) is 78.6 Å². The number of nitro groups is 1. The first-order valence-electron chi connectivity index (χ1n) is 35.8. The van der Waals surface area contributed by atoms with Crippen molar-refractivity contribution in [2.45, 2.75) is 295 Å². The number of aromatic hydroxyl groups is 4. The topological polar surface area (TPSA) is 490 Å². The van der Waals surface area contributed by atoms with Crippen molar-refractivity contribution in [1.82, 2.24) is 0 Å². The molecule has 35 atom stereocenters. The zero-order valence-electron chi connectivity index (χ0n) is 61.8. The SMILES string of the molecule is COC[C@H]1O[C@@H](O[C@@H]2OC[C@@H]3OC4(OC[C@@H](OC(=O)c5c(C)cc(O)cc5O)[C@@H]5OCO[C@H]54)O[C@H]3[C@H]2O)[C@@H](OC)[C@@H](O)[C@@H]1O[C@@H]1O[C@H](C)[C@H](OC)[C@H](O[C@@H]2O[C@H](C)[C@H]3OC4(C[C@@H](O)[C@H](O[C@H]5C[C@@H](O[C@H]6C[C@](C)([N+](=O)[O-])[C@@H](OC)[C@H](C)O6)[C@H](OC(=O)c6c(C)cc(O)c(Cl)c6O)[C@@H](C)O5)[C@@H](C)O4)O[C@]3(C)[C@@H]2O)[C@H]1O. The molecule has 0 aliphatic carbocycles. The van der Waals surface area contributed by atoms with Crippen LogP contribution in [-0.4, -0.2) is 331 Å². The Morgan fingerprint density at radius 1 is 0.596 bits per heavy atom. The van der Waals surface area contributed by atoms with Gasteiger partial charge in [-0.3, -0.25) is 10.1 Å². The Kier molecular flexibility index (Phi) is 24.2. The van der Waals surface area contributed by atoms with Crippen molar-refractivity contribution in [3.05, 3.63) is 55.6 Å². The Labute approximate surface area is 628 Å². The van der Waals surface area contributed by atoms with E-state index in [4.69, 9.17) is 130 Å². The van der Waals surface area contributed by atoms with E-state index in [0.717, 1.165) is 6.07 Å². The van der Waals surface area contributed by atoms with Gasteiger partial charge in [-0.25, -0.2) is 9.59 Å². The number of halogens is 1. The van der Waals surface area contributed by atoms with Crippen molar-refractivity contribution in [2.24, 2.45) is 0 Å². The standard InChI is InChI=1S/C69H96ClNO38/c1-24-14-31(72)16-32(73)41(24)60(81)98-37-22-92-69(59-53(37)90-23-91-59)106-38-21-89-62(46(78)52(38)107-69)104-64-55(87-12)45(77)51(36(99-64)20-85-10)102-63-47(79)54(50(86-11)27(4)95-63)103-65-56(80)67(9)58(30(7)96-65)108-68(109-67)18-34(75)48(28(5)105-68)100-39-17-35(97-40-19-66(8,71(83)84)57(88-13)29(6)94-40)49(26(3)93-39)101-61(82)42-25(2)15-33(74)43(70)44(42)76/h14-16,26-30,34-40,45-59,62-65,72-80H,17-23H2,1-13H3/t26-,27-,28-,29+,30-,34-,35-,36-,37-,38+,39+,40+,45+,46-,47-,48-,49-,50+,51-,52-,53+,54-,55+,56-,57+,58-,59-,62+,63+,64+,65+,66+,67-,68?,69?/m1/s1. The first kappa shape index (κ1) is 82.1. The fraction of sp³-hybridized carbons (Fsp3) is 0.797. The molecule has 13 rings (SSSR count). The highest BCUT2D eigenvalue weighted by Crippen LogP contribution is 2.53. The molecule has 2 unspecified atom stereocenters. The van der Waals surface area contributed by atoms with Crippen LogP contribution in [0.3, 0.4) is 0 Å². The third-order valence-corrected chi connectivity index (χ3v) is 22.5. The number of esters is 2. The summed E-state index contributed by atoms with van der Waals surface area (Å²) < 4.78 is 154. The number of hydrogen-bond donors (Lipinski definition) is 9. The smallest absolute Gasteiger partial charge is 0.342 e. The summed E-state index contributed by atoms with van der Waals surface area (Å²) in [5.74, 6) is -8.07. The van der Waals surface area contributed by atoms with E-state index in [1.165, 1.54) is 68.3 Å². The van der Waals surface area contributed by atoms with Crippen molar-refractivity contribution in [3.8, 4) is 23.0 Å². The minimum absolute atomic E-state index is 0.115. The lowest BCUT2D eigenvalue weighted by Gasteiger charge is -2.50. The van der Waals surface area contributed by atoms with Crippen LogP contribution >= 0.6 is 11.6 Å². The highest BCUT2D eigenvalue weighted by Gasteiger charge is 2.70. The zero-order valence-corrected chi connectivity index (χ0v) is 62.5. The number of phenols is 4. The van der Waals surface area contributed by atoms with Gasteiger partial charge in [0, 0.05) is 52.8 Å². The number of carbonyl (C=O) groups excluding carboxylic acids is 2. The number of carbonyl (C=O) groups is 2. The number of ether oxygens (including phenoxy) is 25. The van der Waals surface area contributed by atoms with Crippen molar-refractivity contribution >= 4 is 23.5 Å². The molecule has 0 saturated carbocycles. The van der Waals surface area contributed by atoms with E-state index >= 15 is 0 Å². The lowest BCUT2D eigenvalue weighted by atomic mass is 9.85. The molecular formula is C69H96ClNO38. The minimum atomic E-state index is -2.06. The van der Waals surface area contributed by atoms with Gasteiger partial charge in [0.15, 0.2) is 67.9 Å². The molecule has 612 valence electrons. The summed E-state index contributed by atoms with van der Waals surface area (Å²) in [6.07, 6.45) is -40.9. The average Bonchev–Trinajstić information content (AvgIpc) is 1.57. The summed E-state index contributed by atoms with van der Waals surface area (Å²) in [5, 5.41) is 115. The number of aliphatic hydroxyl groups is 5. The van der Waals surface area contributed by atoms with E-state index in [9.17, 15) is 65.7 Å². The number of aryl methyl sites for hydroxylation is 2. The van der Waals surface area contributed by atoms with Gasteiger partial charge in [0.05, 0.1) is 69.3 Å². The Bertz CT molecular complexity index is 3550. The maximum atomic E-state index is 14.0. The van der Waals surface area contributed by atoms with Crippen LogP contribution in [0.2, 0.25) is 5.02 Å². The van der Waals surface area contributed by atoms with Gasteiger partial charge in [-0.15, -0.1) is 0 Å². The summed E-state index contributed by atoms with van der Waals surface area (Å²) in [6, 6.07) is 3.45. The van der Waals surface area contributed by atoms with Crippen LogP contribution < -0.4 is 0 Å². The number of methoxy groups -OCH3 is 4. The second-order valence-corrected chi connectivity index (χ2v) is 30.0. The molecule has 11 aliphatic rings. The molecule has 0 radical (unpaired) electrons. The maximum Gasteiger partial charge on any atom is 0.342 e. The van der Waals surface area contributed by atoms with E-state index in [1.807, 2.05) is 0 Å². The molecule has 0 amide bonds. The van der Waals surface area contributed by atoms with Crippen LogP contribution in [0.5, 0.6) is 23.0 Å². The number of aliphatic hydroxyl groups excluding tert-OH is 5. The largest absolute Gasteiger partial charge is 0.508 e. The van der Waals surface area contributed by atoms with Gasteiger partial charge in [0.25, 0.3) is 11.5 Å². The molecule has 11 heterocycles. The molecule has 109 heavy (non-hydrogen) atoms. The fourth-order valence-electron chi connectivity index (χ4n) is 16.8. The normalized spacial score (nSPS) is 46.3. The molecule has 9 N–H and O–H groups in total. The van der Waals surface area contributed by atoms with Crippen LogP contribution in [0.25, 0.3) is 0 Å². The number of fused-ring (bicyclic) bond motifs is 4. The molecule has 39 nitrogen and oxygen atoms in total. The number of nitrogens with zero attached hydrogens (tertiary/aromatic N) is 1. The number of rotatable bonds is 20. The van der Waals surface area contributed by atoms with Gasteiger partial charge in [-0.2, -0.15) is 0 Å². The van der Waals surface area contributed by atoms with Crippen LogP contribution in [0.1, 0.15) is 99.6 Å². The number of phenolic OH excluding ortho intramolecular Hbond substituents is 4. The molecule has 2 spiro atoms. The van der Waals surface area contributed by atoms with E-state index < -0.39 is 259 Å². The van der Waals surface area contributed by atoms with Crippen molar-refractivity contribution in [1.29, 1.82) is 0 Å². The van der Waals surface area contributed by atoms with E-state index in [0.29, 0.717) is 0 Å². The quantitative estimate of drug-likeness (QED) is 0.0489. The number of benzene rings is 2. The summed E-state index contributed by atoms with van der Waals surface area (Å²) in [4.78, 5) is 39.4. The van der Waals surface area contributed by atoms with Crippen LogP contribution in [0, 0.1) is 24.0 Å². The first-order valence-corrected chi connectivity index (χ1v) is 36.2. The maximum absolute atomic E-state index is 14.0. The van der Waals surface area contributed by atoms with E-state index in [2.05, 4.69) is 0 Å². The van der Waals surface area contributed by atoms with Gasteiger partial charge < -0.3 is 164 Å². The second-order valence-electron chi connectivity index (χ2n) is 29.6. The van der Waals surface area contributed by atoms with Crippen LogP contribution in [0.15, 0.2) is 18.2 Å². The predicted molar refractivity (Wildman–Crippen MR) is 353 cm³/mol. The van der Waals surface area contributed by atoms with Gasteiger partial charge in [-0.1, -0.05) is 11.6 Å². The summed E-state index contributed by atoms with van der Waals surface area (Å²) in [7, 11) is 5.29. The summed E-state index contributed by atoms with van der Waals surface area (Å²) >= 11 is 6.13. The Hall–Kier alpha value is -4.85. The summed E-state index contributed by atoms with van der Waals surface area (Å²) in [5.41, 5.74) is -3.63. The van der Waals surface area contributed by atoms with Crippen LogP contribution in [-0.2, 0) is 118 Å². The third-order valence-electron chi connectivity index (χ3n) is 22.2. The summed E-state index contributed by atoms with van der Waals surface area (Å²) in [6.45, 7) is 12.7. The van der Waals surface area contributed by atoms with Crippen molar-refractivity contribution < 1.29 is 179 Å². The molecular weight excluding hydrogens is 1490 g/mol. The average molecular weight is 1580 g/mol. The van der Waals surface area contributed by atoms with Crippen molar-refractivity contribution in [3.63, 3.8) is 0 Å². The molecule has 11 saturated heterocycles. The highest BCUT2D eigenvalue weighted by atomic mass is 35.5. The highest BCUT2D eigenvalue weighted by molar-refractivity contribution is 6.34. The molecule has 0 bridgehead atoms. The van der Waals surface area contributed by atoms with Gasteiger partial charge in [0.1, 0.15) is 137 Å². The van der Waals surface area contributed by atoms with Gasteiger partial charge in [0.2, 0.25) is 0 Å². The third kappa shape index (κ3) is 15.2. The zero-order chi connectivity index (χ0) is 78.6.